The van der Waals surface area contributed by atoms with Gasteiger partial charge in [-0.25, -0.2) is 4.39 Å². The largest absolute Gasteiger partial charge is 0.497 e. The topological polar surface area (TPSA) is 64.3 Å². The van der Waals surface area contributed by atoms with Crippen molar-refractivity contribution in [2.24, 2.45) is 0 Å². The van der Waals surface area contributed by atoms with Gasteiger partial charge < -0.3 is 15.8 Å². The second kappa shape index (κ2) is 6.66. The van der Waals surface area contributed by atoms with Gasteiger partial charge in [0.1, 0.15) is 11.6 Å². The van der Waals surface area contributed by atoms with Crippen LogP contribution >= 0.6 is 11.6 Å². The van der Waals surface area contributed by atoms with Crippen LogP contribution in [0.4, 0.5) is 10.1 Å². The van der Waals surface area contributed by atoms with Crippen LogP contribution in [0.2, 0.25) is 5.02 Å². The summed E-state index contributed by atoms with van der Waals surface area (Å²) in [6.07, 6.45) is 0. The Morgan fingerprint density at radius 1 is 1.32 bits per heavy atom. The smallest absolute Gasteiger partial charge is 0.253 e. The van der Waals surface area contributed by atoms with Gasteiger partial charge in [0.15, 0.2) is 0 Å². The van der Waals surface area contributed by atoms with Gasteiger partial charge in [0.25, 0.3) is 5.91 Å². The van der Waals surface area contributed by atoms with Crippen LogP contribution in [0.1, 0.15) is 28.9 Å². The number of nitrogens with two attached hydrogens (primary N) is 1. The predicted octanol–water partition coefficient (Wildman–Crippen LogP) is 3.56. The summed E-state index contributed by atoms with van der Waals surface area (Å²) in [6, 6.07) is 9.28. The SMILES string of the molecule is COc1ccc([C@@H](C)NC(=O)c2cc(F)c(Cl)cc2N)cc1. The first-order valence-electron chi connectivity index (χ1n) is 6.61. The number of nitrogen functional groups attached to an aromatic ring is 1. The molecule has 0 aliphatic rings. The zero-order chi connectivity index (χ0) is 16.3. The zero-order valence-electron chi connectivity index (χ0n) is 12.2. The molecular formula is C16H16ClFN2O2. The van der Waals surface area contributed by atoms with Crippen molar-refractivity contribution < 1.29 is 13.9 Å². The molecule has 0 unspecified atom stereocenters. The molecule has 0 heterocycles. The second-order valence-electron chi connectivity index (χ2n) is 4.82. The van der Waals surface area contributed by atoms with Gasteiger partial charge in [0.2, 0.25) is 0 Å². The number of halogens is 2. The minimum Gasteiger partial charge on any atom is -0.497 e. The summed E-state index contributed by atoms with van der Waals surface area (Å²) in [7, 11) is 1.58. The third kappa shape index (κ3) is 3.49. The van der Waals surface area contributed by atoms with Gasteiger partial charge in [-0.2, -0.15) is 0 Å². The van der Waals surface area contributed by atoms with E-state index in [9.17, 15) is 9.18 Å². The fourth-order valence-electron chi connectivity index (χ4n) is 2.01. The van der Waals surface area contributed by atoms with Crippen molar-refractivity contribution in [3.05, 3.63) is 58.4 Å². The maximum atomic E-state index is 13.5. The quantitative estimate of drug-likeness (QED) is 0.846. The van der Waals surface area contributed by atoms with E-state index in [0.29, 0.717) is 0 Å². The van der Waals surface area contributed by atoms with Crippen molar-refractivity contribution in [2.75, 3.05) is 12.8 Å². The van der Waals surface area contributed by atoms with E-state index >= 15 is 0 Å². The van der Waals surface area contributed by atoms with Gasteiger partial charge in [-0.05, 0) is 36.8 Å². The van der Waals surface area contributed by atoms with Crippen LogP contribution in [-0.4, -0.2) is 13.0 Å². The first-order valence-corrected chi connectivity index (χ1v) is 6.99. The number of carbonyl (C=O) groups is 1. The number of carbonyl (C=O) groups excluding carboxylic acids is 1. The molecule has 0 aromatic heterocycles. The van der Waals surface area contributed by atoms with E-state index in [4.69, 9.17) is 22.1 Å². The molecular weight excluding hydrogens is 307 g/mol. The lowest BCUT2D eigenvalue weighted by molar-refractivity contribution is 0.0940. The minimum absolute atomic E-state index is 0.0576. The van der Waals surface area contributed by atoms with Crippen molar-refractivity contribution >= 4 is 23.2 Å². The molecule has 6 heteroatoms. The molecule has 0 aliphatic carbocycles. The number of methoxy groups -OCH3 is 1. The number of hydrogen-bond donors (Lipinski definition) is 2. The Balaban J connectivity index is 2.15. The van der Waals surface area contributed by atoms with Crippen molar-refractivity contribution in [1.82, 2.24) is 5.32 Å². The van der Waals surface area contributed by atoms with Crippen LogP contribution in [0.25, 0.3) is 0 Å². The number of rotatable bonds is 4. The fourth-order valence-corrected chi connectivity index (χ4v) is 2.18. The highest BCUT2D eigenvalue weighted by Crippen LogP contribution is 2.23. The maximum absolute atomic E-state index is 13.5. The molecule has 116 valence electrons. The summed E-state index contributed by atoms with van der Waals surface area (Å²) in [5.41, 5.74) is 6.79. The molecule has 3 N–H and O–H groups in total. The lowest BCUT2D eigenvalue weighted by Gasteiger charge is -2.16. The van der Waals surface area contributed by atoms with Crippen LogP contribution in [-0.2, 0) is 0 Å². The van der Waals surface area contributed by atoms with Gasteiger partial charge in [-0.3, -0.25) is 4.79 Å². The van der Waals surface area contributed by atoms with Crippen molar-refractivity contribution in [3.8, 4) is 5.75 Å². The van der Waals surface area contributed by atoms with Crippen molar-refractivity contribution in [2.45, 2.75) is 13.0 Å². The molecule has 2 aromatic carbocycles. The Bertz CT molecular complexity index is 689. The van der Waals surface area contributed by atoms with Crippen molar-refractivity contribution in [3.63, 3.8) is 0 Å². The standard InChI is InChI=1S/C16H16ClFN2O2/c1-9(10-3-5-11(22-2)6-4-10)20-16(21)12-7-14(18)13(17)8-15(12)19/h3-9H,19H2,1-2H3,(H,20,21)/t9-/m1/s1. The average molecular weight is 323 g/mol. The highest BCUT2D eigenvalue weighted by atomic mass is 35.5. The Hall–Kier alpha value is -2.27. The highest BCUT2D eigenvalue weighted by molar-refractivity contribution is 6.31. The molecule has 0 aliphatic heterocycles. The summed E-state index contributed by atoms with van der Waals surface area (Å²) in [5, 5.41) is 2.65. The summed E-state index contributed by atoms with van der Waals surface area (Å²) in [5.74, 6) is -0.416. The number of hydrogen-bond acceptors (Lipinski definition) is 3. The summed E-state index contributed by atoms with van der Waals surface area (Å²) < 4.78 is 18.6. The first-order chi connectivity index (χ1) is 10.4. The van der Waals surface area contributed by atoms with Gasteiger partial charge >= 0.3 is 0 Å². The lowest BCUT2D eigenvalue weighted by Crippen LogP contribution is -2.27. The van der Waals surface area contributed by atoms with Gasteiger partial charge in [0, 0.05) is 5.69 Å². The van der Waals surface area contributed by atoms with E-state index in [1.165, 1.54) is 6.07 Å². The zero-order valence-corrected chi connectivity index (χ0v) is 12.9. The molecule has 0 bridgehead atoms. The Morgan fingerprint density at radius 2 is 1.95 bits per heavy atom. The molecule has 1 amide bonds. The molecule has 2 rings (SSSR count). The van der Waals surface area contributed by atoms with Crippen LogP contribution in [0.5, 0.6) is 5.75 Å². The third-order valence-electron chi connectivity index (χ3n) is 3.30. The number of anilines is 1. The number of amides is 1. The summed E-state index contributed by atoms with van der Waals surface area (Å²) in [6.45, 7) is 1.82. The predicted molar refractivity (Wildman–Crippen MR) is 84.7 cm³/mol. The van der Waals surface area contributed by atoms with Crippen molar-refractivity contribution in [1.29, 1.82) is 0 Å². The monoisotopic (exact) mass is 322 g/mol. The molecule has 0 saturated heterocycles. The van der Waals surface area contributed by atoms with Crippen LogP contribution in [0.15, 0.2) is 36.4 Å². The van der Waals surface area contributed by atoms with Gasteiger partial charge in [-0.15, -0.1) is 0 Å². The molecule has 2 aromatic rings. The van der Waals surface area contributed by atoms with E-state index in [-0.39, 0.29) is 22.3 Å². The third-order valence-corrected chi connectivity index (χ3v) is 3.59. The van der Waals surface area contributed by atoms with E-state index < -0.39 is 11.7 Å². The number of ether oxygens (including phenoxy) is 1. The van der Waals surface area contributed by atoms with Gasteiger partial charge in [-0.1, -0.05) is 23.7 Å². The molecule has 22 heavy (non-hydrogen) atoms. The first kappa shape index (κ1) is 16.1. The Kier molecular flexibility index (Phi) is 4.88. The van der Waals surface area contributed by atoms with Crippen LogP contribution in [0, 0.1) is 5.82 Å². The van der Waals surface area contributed by atoms with E-state index in [1.54, 1.807) is 19.2 Å². The fraction of sp³-hybridized carbons (Fsp3) is 0.188. The number of nitrogens with one attached hydrogen (secondary N) is 1. The summed E-state index contributed by atoms with van der Waals surface area (Å²) in [4.78, 5) is 12.2. The molecule has 0 fully saturated rings. The van der Waals surface area contributed by atoms with Gasteiger partial charge in [0.05, 0.1) is 23.7 Å². The minimum atomic E-state index is -0.682. The molecule has 0 spiro atoms. The normalized spacial score (nSPS) is 11.8. The molecule has 1 atom stereocenters. The average Bonchev–Trinajstić information content (AvgIpc) is 2.50. The van der Waals surface area contributed by atoms with E-state index in [2.05, 4.69) is 5.32 Å². The Labute approximate surface area is 133 Å². The number of benzene rings is 2. The maximum Gasteiger partial charge on any atom is 0.253 e. The lowest BCUT2D eigenvalue weighted by atomic mass is 10.1. The Morgan fingerprint density at radius 3 is 2.55 bits per heavy atom. The van der Waals surface area contributed by atoms with Crippen LogP contribution in [0.3, 0.4) is 0 Å². The molecule has 4 nitrogen and oxygen atoms in total. The van der Waals surface area contributed by atoms with E-state index in [0.717, 1.165) is 17.4 Å². The van der Waals surface area contributed by atoms with E-state index in [1.807, 2.05) is 19.1 Å². The highest BCUT2D eigenvalue weighted by Gasteiger charge is 2.16. The molecule has 0 radical (unpaired) electrons. The molecule has 0 saturated carbocycles. The summed E-state index contributed by atoms with van der Waals surface area (Å²) >= 11 is 5.62. The van der Waals surface area contributed by atoms with Crippen LogP contribution < -0.4 is 15.8 Å². The second-order valence-corrected chi connectivity index (χ2v) is 5.23.